The van der Waals surface area contributed by atoms with Gasteiger partial charge in [0.1, 0.15) is 0 Å². The van der Waals surface area contributed by atoms with Crippen LogP contribution in [0.1, 0.15) is 27.0 Å². The molecule has 0 aliphatic carbocycles. The highest BCUT2D eigenvalue weighted by molar-refractivity contribution is 6.31. The Balaban J connectivity index is 2.21. The summed E-state index contributed by atoms with van der Waals surface area (Å²) in [4.78, 5) is 14.2. The van der Waals surface area contributed by atoms with E-state index in [-0.39, 0.29) is 5.91 Å². The second kappa shape index (κ2) is 6.10. The predicted molar refractivity (Wildman–Crippen MR) is 83.2 cm³/mol. The summed E-state index contributed by atoms with van der Waals surface area (Å²) >= 11 is 6.14. The van der Waals surface area contributed by atoms with E-state index >= 15 is 0 Å². The topological polar surface area (TPSA) is 20.3 Å². The molecule has 0 atom stereocenters. The van der Waals surface area contributed by atoms with E-state index in [0.717, 1.165) is 22.3 Å². The maximum atomic E-state index is 12.5. The number of halogens is 1. The van der Waals surface area contributed by atoms with Crippen LogP contribution >= 0.6 is 11.6 Å². The fraction of sp³-hybridized carbons (Fsp3) is 0.235. The third-order valence-corrected chi connectivity index (χ3v) is 3.92. The van der Waals surface area contributed by atoms with Crippen molar-refractivity contribution >= 4 is 17.5 Å². The van der Waals surface area contributed by atoms with Crippen LogP contribution in [0.4, 0.5) is 0 Å². The van der Waals surface area contributed by atoms with Crippen LogP contribution in [0.3, 0.4) is 0 Å². The summed E-state index contributed by atoms with van der Waals surface area (Å²) in [5.74, 6) is 0.0196. The Morgan fingerprint density at radius 2 is 1.80 bits per heavy atom. The third-order valence-electron chi connectivity index (χ3n) is 3.55. The molecule has 2 aromatic rings. The molecular weight excluding hydrogens is 270 g/mol. The average Bonchev–Trinajstić information content (AvgIpc) is 2.43. The fourth-order valence-corrected chi connectivity index (χ4v) is 2.34. The van der Waals surface area contributed by atoms with Crippen LogP contribution in [-0.4, -0.2) is 17.9 Å². The molecule has 104 valence electrons. The normalized spacial score (nSPS) is 10.4. The van der Waals surface area contributed by atoms with Crippen LogP contribution in [0.2, 0.25) is 5.02 Å². The van der Waals surface area contributed by atoms with Gasteiger partial charge in [0.2, 0.25) is 0 Å². The van der Waals surface area contributed by atoms with Crippen LogP contribution in [-0.2, 0) is 6.54 Å². The molecule has 0 bridgehead atoms. The minimum atomic E-state index is 0.0196. The van der Waals surface area contributed by atoms with Crippen molar-refractivity contribution in [2.24, 2.45) is 0 Å². The van der Waals surface area contributed by atoms with Crippen molar-refractivity contribution in [2.75, 3.05) is 7.05 Å². The summed E-state index contributed by atoms with van der Waals surface area (Å²) in [5.41, 5.74) is 3.86. The molecule has 0 saturated carbocycles. The van der Waals surface area contributed by atoms with Crippen molar-refractivity contribution in [3.05, 3.63) is 69.7 Å². The Hall–Kier alpha value is -1.80. The lowest BCUT2D eigenvalue weighted by molar-refractivity contribution is 0.0784. The number of aryl methyl sites for hydroxylation is 1. The molecule has 0 spiro atoms. The van der Waals surface area contributed by atoms with E-state index in [1.165, 1.54) is 0 Å². The van der Waals surface area contributed by atoms with Crippen molar-refractivity contribution in [3.63, 3.8) is 0 Å². The van der Waals surface area contributed by atoms with Gasteiger partial charge in [0, 0.05) is 24.2 Å². The van der Waals surface area contributed by atoms with E-state index in [1.54, 1.807) is 11.9 Å². The number of hydrogen-bond donors (Lipinski definition) is 0. The quantitative estimate of drug-likeness (QED) is 0.827. The van der Waals surface area contributed by atoms with E-state index in [0.29, 0.717) is 11.6 Å². The lowest BCUT2D eigenvalue weighted by Gasteiger charge is -2.19. The van der Waals surface area contributed by atoms with Gasteiger partial charge in [0.25, 0.3) is 5.91 Å². The number of hydrogen-bond acceptors (Lipinski definition) is 1. The molecule has 0 aliphatic rings. The summed E-state index contributed by atoms with van der Waals surface area (Å²) in [6.45, 7) is 4.50. The van der Waals surface area contributed by atoms with Gasteiger partial charge < -0.3 is 4.90 Å². The summed E-state index contributed by atoms with van der Waals surface area (Å²) in [6, 6.07) is 13.4. The van der Waals surface area contributed by atoms with Crippen LogP contribution in [0, 0.1) is 13.8 Å². The molecule has 0 fully saturated rings. The third kappa shape index (κ3) is 3.02. The Labute approximate surface area is 125 Å². The predicted octanol–water partition coefficient (Wildman–Crippen LogP) is 4.23. The second-order valence-corrected chi connectivity index (χ2v) is 5.41. The van der Waals surface area contributed by atoms with E-state index in [2.05, 4.69) is 0 Å². The van der Waals surface area contributed by atoms with E-state index in [1.807, 2.05) is 56.3 Å². The molecular formula is C17H18ClNO. The number of amides is 1. The Morgan fingerprint density at radius 3 is 2.50 bits per heavy atom. The molecule has 0 unspecified atom stereocenters. The first kappa shape index (κ1) is 14.6. The van der Waals surface area contributed by atoms with E-state index < -0.39 is 0 Å². The van der Waals surface area contributed by atoms with Crippen molar-refractivity contribution in [1.82, 2.24) is 4.90 Å². The average molecular weight is 288 g/mol. The fourth-order valence-electron chi connectivity index (χ4n) is 2.14. The zero-order valence-electron chi connectivity index (χ0n) is 12.0. The van der Waals surface area contributed by atoms with Gasteiger partial charge in [-0.3, -0.25) is 4.79 Å². The SMILES string of the molecule is Cc1cccc(C(=O)N(C)Cc2ccccc2Cl)c1C. The first-order valence-corrected chi connectivity index (χ1v) is 6.93. The first-order chi connectivity index (χ1) is 9.50. The molecule has 2 rings (SSSR count). The minimum absolute atomic E-state index is 0.0196. The summed E-state index contributed by atoms with van der Waals surface area (Å²) in [7, 11) is 1.80. The van der Waals surface area contributed by atoms with Gasteiger partial charge in [-0.15, -0.1) is 0 Å². The van der Waals surface area contributed by atoms with Gasteiger partial charge >= 0.3 is 0 Å². The molecule has 0 N–H and O–H groups in total. The monoisotopic (exact) mass is 287 g/mol. The van der Waals surface area contributed by atoms with Crippen LogP contribution in [0.15, 0.2) is 42.5 Å². The number of carbonyl (C=O) groups is 1. The Kier molecular flexibility index (Phi) is 4.46. The lowest BCUT2D eigenvalue weighted by Crippen LogP contribution is -2.27. The zero-order valence-corrected chi connectivity index (χ0v) is 12.7. The maximum absolute atomic E-state index is 12.5. The van der Waals surface area contributed by atoms with Crippen LogP contribution in [0.25, 0.3) is 0 Å². The molecule has 0 heterocycles. The zero-order chi connectivity index (χ0) is 14.7. The molecule has 2 aromatic carbocycles. The molecule has 1 amide bonds. The van der Waals surface area contributed by atoms with E-state index in [4.69, 9.17) is 11.6 Å². The van der Waals surface area contributed by atoms with Crippen molar-refractivity contribution in [2.45, 2.75) is 20.4 Å². The van der Waals surface area contributed by atoms with Crippen LogP contribution < -0.4 is 0 Å². The number of carbonyl (C=O) groups excluding carboxylic acids is 1. The number of benzene rings is 2. The molecule has 20 heavy (non-hydrogen) atoms. The second-order valence-electron chi connectivity index (χ2n) is 5.00. The molecule has 2 nitrogen and oxygen atoms in total. The highest BCUT2D eigenvalue weighted by Gasteiger charge is 2.15. The molecule has 0 aliphatic heterocycles. The summed E-state index contributed by atoms with van der Waals surface area (Å²) in [6.07, 6.45) is 0. The molecule has 0 aromatic heterocycles. The van der Waals surface area contributed by atoms with Gasteiger partial charge in [-0.05, 0) is 42.7 Å². The van der Waals surface area contributed by atoms with Crippen molar-refractivity contribution in [3.8, 4) is 0 Å². The Bertz CT molecular complexity index is 637. The van der Waals surface area contributed by atoms with Gasteiger partial charge in [-0.25, -0.2) is 0 Å². The Morgan fingerprint density at radius 1 is 1.10 bits per heavy atom. The van der Waals surface area contributed by atoms with Crippen LogP contribution in [0.5, 0.6) is 0 Å². The summed E-state index contributed by atoms with van der Waals surface area (Å²) in [5, 5.41) is 0.688. The molecule has 3 heteroatoms. The largest absolute Gasteiger partial charge is 0.337 e. The number of rotatable bonds is 3. The molecule has 0 radical (unpaired) electrons. The first-order valence-electron chi connectivity index (χ1n) is 6.56. The summed E-state index contributed by atoms with van der Waals surface area (Å²) < 4.78 is 0. The van der Waals surface area contributed by atoms with Crippen molar-refractivity contribution in [1.29, 1.82) is 0 Å². The highest BCUT2D eigenvalue weighted by atomic mass is 35.5. The van der Waals surface area contributed by atoms with Gasteiger partial charge in [-0.1, -0.05) is 41.9 Å². The maximum Gasteiger partial charge on any atom is 0.254 e. The number of nitrogens with zero attached hydrogens (tertiary/aromatic N) is 1. The van der Waals surface area contributed by atoms with Gasteiger partial charge in [-0.2, -0.15) is 0 Å². The van der Waals surface area contributed by atoms with E-state index in [9.17, 15) is 4.79 Å². The standard InChI is InChI=1S/C17H18ClNO/c1-12-7-6-9-15(13(12)2)17(20)19(3)11-14-8-4-5-10-16(14)18/h4-10H,11H2,1-3H3. The van der Waals surface area contributed by atoms with Gasteiger partial charge in [0.15, 0.2) is 0 Å². The highest BCUT2D eigenvalue weighted by Crippen LogP contribution is 2.19. The lowest BCUT2D eigenvalue weighted by atomic mass is 10.0. The smallest absolute Gasteiger partial charge is 0.254 e. The molecule has 0 saturated heterocycles. The minimum Gasteiger partial charge on any atom is -0.337 e. The van der Waals surface area contributed by atoms with Gasteiger partial charge in [0.05, 0.1) is 0 Å². The van der Waals surface area contributed by atoms with Crippen molar-refractivity contribution < 1.29 is 4.79 Å².